The molecule has 0 aliphatic rings. The highest BCUT2D eigenvalue weighted by Gasteiger charge is 2.14. The molecular formula is C16H18FOP. The van der Waals surface area contributed by atoms with E-state index in [1.807, 2.05) is 24.3 Å². The SMILES string of the molecule is COc1ccc(C)cc1C(C)Pc1ccccc1F. The van der Waals surface area contributed by atoms with Gasteiger partial charge in [0.1, 0.15) is 11.6 Å². The van der Waals surface area contributed by atoms with E-state index in [1.54, 1.807) is 13.2 Å². The number of aryl methyl sites for hydroxylation is 1. The fourth-order valence-corrected chi connectivity index (χ4v) is 3.34. The van der Waals surface area contributed by atoms with Gasteiger partial charge in [-0.25, -0.2) is 4.39 Å². The van der Waals surface area contributed by atoms with Gasteiger partial charge in [0, 0.05) is 16.5 Å². The molecule has 3 heteroatoms. The van der Waals surface area contributed by atoms with Crippen molar-refractivity contribution in [3.63, 3.8) is 0 Å². The van der Waals surface area contributed by atoms with Gasteiger partial charge in [-0.1, -0.05) is 51.4 Å². The van der Waals surface area contributed by atoms with E-state index >= 15 is 0 Å². The Labute approximate surface area is 115 Å². The Morgan fingerprint density at radius 2 is 1.89 bits per heavy atom. The van der Waals surface area contributed by atoms with Gasteiger partial charge in [-0.3, -0.25) is 0 Å². The summed E-state index contributed by atoms with van der Waals surface area (Å²) in [5.74, 6) is 0.751. The van der Waals surface area contributed by atoms with Gasteiger partial charge in [0.2, 0.25) is 0 Å². The van der Waals surface area contributed by atoms with Gasteiger partial charge in [-0.2, -0.15) is 0 Å². The normalized spacial score (nSPS) is 12.8. The summed E-state index contributed by atoms with van der Waals surface area (Å²) in [7, 11) is 2.07. The molecule has 0 saturated heterocycles. The Balaban J connectivity index is 2.27. The van der Waals surface area contributed by atoms with Crippen molar-refractivity contribution in [2.24, 2.45) is 0 Å². The van der Waals surface area contributed by atoms with Crippen LogP contribution in [-0.4, -0.2) is 7.11 Å². The minimum absolute atomic E-state index is 0.126. The van der Waals surface area contributed by atoms with Crippen LogP contribution in [0.2, 0.25) is 0 Å². The van der Waals surface area contributed by atoms with Crippen LogP contribution in [0.15, 0.2) is 42.5 Å². The predicted octanol–water partition coefficient (Wildman–Crippen LogP) is 4.21. The molecule has 0 aromatic heterocycles. The smallest absolute Gasteiger partial charge is 0.130 e. The average molecular weight is 276 g/mol. The van der Waals surface area contributed by atoms with Crippen molar-refractivity contribution in [1.82, 2.24) is 0 Å². The zero-order chi connectivity index (χ0) is 13.8. The van der Waals surface area contributed by atoms with E-state index in [2.05, 4.69) is 19.9 Å². The molecule has 0 amide bonds. The van der Waals surface area contributed by atoms with E-state index in [0.717, 1.165) is 16.6 Å². The third-order valence-electron chi connectivity index (χ3n) is 3.10. The summed E-state index contributed by atoms with van der Waals surface area (Å²) in [4.78, 5) is 0. The molecule has 100 valence electrons. The Hall–Kier alpha value is -1.40. The topological polar surface area (TPSA) is 9.23 Å². The predicted molar refractivity (Wildman–Crippen MR) is 80.5 cm³/mol. The Kier molecular flexibility index (Phi) is 4.55. The lowest BCUT2D eigenvalue weighted by atomic mass is 10.1. The van der Waals surface area contributed by atoms with Crippen LogP contribution >= 0.6 is 8.58 Å². The summed E-state index contributed by atoms with van der Waals surface area (Å²) in [6.45, 7) is 4.17. The zero-order valence-electron chi connectivity index (χ0n) is 11.4. The number of hydrogen-bond acceptors (Lipinski definition) is 1. The Morgan fingerprint density at radius 3 is 2.58 bits per heavy atom. The largest absolute Gasteiger partial charge is 0.496 e. The number of methoxy groups -OCH3 is 1. The quantitative estimate of drug-likeness (QED) is 0.760. The molecule has 0 bridgehead atoms. The lowest BCUT2D eigenvalue weighted by Gasteiger charge is -2.17. The molecule has 0 heterocycles. The van der Waals surface area contributed by atoms with Crippen LogP contribution < -0.4 is 10.0 Å². The summed E-state index contributed by atoms with van der Waals surface area (Å²) >= 11 is 0. The molecule has 0 radical (unpaired) electrons. The molecule has 2 aromatic rings. The summed E-state index contributed by atoms with van der Waals surface area (Å²) in [5.41, 5.74) is 2.58. The lowest BCUT2D eigenvalue weighted by molar-refractivity contribution is 0.409. The molecule has 0 aliphatic carbocycles. The summed E-state index contributed by atoms with van der Waals surface area (Å²) < 4.78 is 19.1. The second-order valence-corrected chi connectivity index (χ2v) is 6.28. The van der Waals surface area contributed by atoms with Crippen LogP contribution in [-0.2, 0) is 0 Å². The van der Waals surface area contributed by atoms with Crippen molar-refractivity contribution in [1.29, 1.82) is 0 Å². The van der Waals surface area contributed by atoms with Crippen LogP contribution in [0.25, 0.3) is 0 Å². The van der Waals surface area contributed by atoms with E-state index < -0.39 is 0 Å². The lowest BCUT2D eigenvalue weighted by Crippen LogP contribution is -2.04. The highest BCUT2D eigenvalue weighted by Crippen LogP contribution is 2.39. The zero-order valence-corrected chi connectivity index (χ0v) is 12.4. The van der Waals surface area contributed by atoms with Gasteiger partial charge in [-0.05, 0) is 19.1 Å². The minimum Gasteiger partial charge on any atom is -0.496 e. The molecule has 0 saturated carbocycles. The highest BCUT2D eigenvalue weighted by molar-refractivity contribution is 7.47. The summed E-state index contributed by atoms with van der Waals surface area (Å²) in [6.07, 6.45) is 0. The summed E-state index contributed by atoms with van der Waals surface area (Å²) in [6, 6.07) is 13.1. The molecular weight excluding hydrogens is 258 g/mol. The van der Waals surface area contributed by atoms with Gasteiger partial charge in [0.05, 0.1) is 7.11 Å². The molecule has 2 rings (SSSR count). The maximum atomic E-state index is 13.7. The molecule has 2 atom stereocenters. The van der Waals surface area contributed by atoms with Crippen LogP contribution in [0.4, 0.5) is 4.39 Å². The van der Waals surface area contributed by atoms with Gasteiger partial charge in [0.15, 0.2) is 0 Å². The molecule has 1 nitrogen and oxygen atoms in total. The van der Waals surface area contributed by atoms with Crippen LogP contribution in [0.1, 0.15) is 23.7 Å². The van der Waals surface area contributed by atoms with Crippen molar-refractivity contribution in [3.05, 3.63) is 59.4 Å². The molecule has 0 spiro atoms. The molecule has 0 aliphatic heterocycles. The fraction of sp³-hybridized carbons (Fsp3) is 0.250. The van der Waals surface area contributed by atoms with Gasteiger partial charge in [0.25, 0.3) is 0 Å². The Morgan fingerprint density at radius 1 is 1.16 bits per heavy atom. The standard InChI is InChI=1S/C16H18FOP/c1-11-8-9-15(18-3)13(10-11)12(2)19-16-7-5-4-6-14(16)17/h4-10,12,19H,1-3H3. The number of halogens is 1. The first-order valence-electron chi connectivity index (χ1n) is 6.27. The van der Waals surface area contributed by atoms with E-state index in [9.17, 15) is 4.39 Å². The number of rotatable bonds is 4. The van der Waals surface area contributed by atoms with Crippen molar-refractivity contribution >= 4 is 13.9 Å². The summed E-state index contributed by atoms with van der Waals surface area (Å²) in [5, 5.41) is 0.776. The van der Waals surface area contributed by atoms with E-state index in [-0.39, 0.29) is 11.5 Å². The second kappa shape index (κ2) is 6.16. The first-order chi connectivity index (χ1) is 9.11. The molecule has 0 N–H and O–H groups in total. The average Bonchev–Trinajstić information content (AvgIpc) is 2.41. The monoisotopic (exact) mass is 276 g/mol. The minimum atomic E-state index is -0.126. The van der Waals surface area contributed by atoms with Crippen LogP contribution in [0, 0.1) is 12.7 Å². The van der Waals surface area contributed by atoms with Crippen molar-refractivity contribution in [2.45, 2.75) is 19.5 Å². The van der Waals surface area contributed by atoms with E-state index in [1.165, 1.54) is 11.6 Å². The molecule has 19 heavy (non-hydrogen) atoms. The Bertz CT molecular complexity index is 568. The number of ether oxygens (including phenoxy) is 1. The van der Waals surface area contributed by atoms with Gasteiger partial charge >= 0.3 is 0 Å². The van der Waals surface area contributed by atoms with Gasteiger partial charge in [-0.15, -0.1) is 0 Å². The first-order valence-corrected chi connectivity index (χ1v) is 7.35. The van der Waals surface area contributed by atoms with Crippen molar-refractivity contribution in [3.8, 4) is 5.75 Å². The molecule has 0 fully saturated rings. The maximum Gasteiger partial charge on any atom is 0.130 e. The molecule has 2 aromatic carbocycles. The second-order valence-electron chi connectivity index (χ2n) is 4.59. The number of benzene rings is 2. The van der Waals surface area contributed by atoms with Crippen LogP contribution in [0.5, 0.6) is 5.75 Å². The third-order valence-corrected chi connectivity index (χ3v) is 4.56. The van der Waals surface area contributed by atoms with Crippen LogP contribution in [0.3, 0.4) is 0 Å². The van der Waals surface area contributed by atoms with E-state index in [0.29, 0.717) is 8.58 Å². The molecule has 2 unspecified atom stereocenters. The maximum absolute atomic E-state index is 13.7. The first kappa shape index (κ1) is 14.0. The number of hydrogen-bond donors (Lipinski definition) is 0. The van der Waals surface area contributed by atoms with E-state index in [4.69, 9.17) is 4.74 Å². The third kappa shape index (κ3) is 3.33. The van der Waals surface area contributed by atoms with Crippen molar-refractivity contribution in [2.75, 3.05) is 7.11 Å². The highest BCUT2D eigenvalue weighted by atomic mass is 31.1. The van der Waals surface area contributed by atoms with Gasteiger partial charge < -0.3 is 4.74 Å². The van der Waals surface area contributed by atoms with Crippen molar-refractivity contribution < 1.29 is 9.13 Å². The fourth-order valence-electron chi connectivity index (χ4n) is 2.08.